The van der Waals surface area contributed by atoms with Crippen molar-refractivity contribution in [2.45, 2.75) is 13.3 Å². The summed E-state index contributed by atoms with van der Waals surface area (Å²) < 4.78 is 0. The third-order valence-electron chi connectivity index (χ3n) is 1.66. The summed E-state index contributed by atoms with van der Waals surface area (Å²) in [6, 6.07) is 7.09. The third-order valence-corrected chi connectivity index (χ3v) is 1.66. The van der Waals surface area contributed by atoms with Crippen LogP contribution in [0.15, 0.2) is 29.3 Å². The molecule has 0 bridgehead atoms. The molecule has 1 rings (SSSR count). The van der Waals surface area contributed by atoms with Crippen molar-refractivity contribution >= 4 is 23.1 Å². The van der Waals surface area contributed by atoms with Gasteiger partial charge in [0.05, 0.1) is 17.8 Å². The van der Waals surface area contributed by atoms with E-state index < -0.39 is 5.97 Å². The summed E-state index contributed by atoms with van der Waals surface area (Å²) in [7, 11) is 0. The molecular formula is C10H12N2O2. The average Bonchev–Trinajstić information content (AvgIpc) is 2.07. The number of rotatable bonds is 3. The molecule has 0 saturated carbocycles. The molecule has 1 aromatic carbocycles. The zero-order chi connectivity index (χ0) is 10.6. The molecule has 0 aliphatic carbocycles. The molecule has 0 aliphatic heterocycles. The Kier molecular flexibility index (Phi) is 3.23. The van der Waals surface area contributed by atoms with Gasteiger partial charge in [-0.05, 0) is 19.1 Å². The minimum atomic E-state index is -0.888. The number of carboxylic acids is 1. The Labute approximate surface area is 82.1 Å². The quantitative estimate of drug-likeness (QED) is 0.566. The van der Waals surface area contributed by atoms with Gasteiger partial charge in [-0.3, -0.25) is 9.79 Å². The molecule has 0 aromatic heterocycles. The summed E-state index contributed by atoms with van der Waals surface area (Å²) in [5, 5.41) is 8.52. The van der Waals surface area contributed by atoms with Gasteiger partial charge < -0.3 is 10.8 Å². The number of anilines is 1. The van der Waals surface area contributed by atoms with Gasteiger partial charge in [0, 0.05) is 5.71 Å². The Balaban J connectivity index is 2.86. The lowest BCUT2D eigenvalue weighted by molar-refractivity contribution is -0.135. The first-order valence-corrected chi connectivity index (χ1v) is 4.20. The Bertz CT molecular complexity index is 372. The average molecular weight is 192 g/mol. The van der Waals surface area contributed by atoms with Crippen LogP contribution in [0.4, 0.5) is 11.4 Å². The number of nitrogens with zero attached hydrogens (tertiary/aromatic N) is 1. The molecule has 3 N–H and O–H groups in total. The molecular weight excluding hydrogens is 180 g/mol. The van der Waals surface area contributed by atoms with E-state index in [1.54, 1.807) is 25.1 Å². The van der Waals surface area contributed by atoms with Crippen LogP contribution in [0.1, 0.15) is 13.3 Å². The molecule has 14 heavy (non-hydrogen) atoms. The van der Waals surface area contributed by atoms with Crippen LogP contribution in [-0.2, 0) is 4.79 Å². The minimum Gasteiger partial charge on any atom is -0.481 e. The first-order chi connectivity index (χ1) is 6.59. The molecule has 0 atom stereocenters. The molecule has 0 spiro atoms. The first kappa shape index (κ1) is 10.2. The van der Waals surface area contributed by atoms with Crippen LogP contribution in [0.3, 0.4) is 0 Å². The number of hydrogen-bond donors (Lipinski definition) is 2. The predicted octanol–water partition coefficient (Wildman–Crippen LogP) is 1.84. The lowest BCUT2D eigenvalue weighted by Crippen LogP contribution is -2.02. The van der Waals surface area contributed by atoms with Crippen LogP contribution in [0.25, 0.3) is 0 Å². The summed E-state index contributed by atoms with van der Waals surface area (Å²) in [5.74, 6) is -0.888. The SMILES string of the molecule is CC(CC(=O)O)=Nc1ccccc1N. The van der Waals surface area contributed by atoms with Gasteiger partial charge in [0.2, 0.25) is 0 Å². The predicted molar refractivity (Wildman–Crippen MR) is 55.9 cm³/mol. The van der Waals surface area contributed by atoms with Gasteiger partial charge in [-0.15, -0.1) is 0 Å². The molecule has 1 aromatic rings. The second-order valence-corrected chi connectivity index (χ2v) is 2.98. The van der Waals surface area contributed by atoms with Crippen molar-refractivity contribution in [2.75, 3.05) is 5.73 Å². The maximum atomic E-state index is 10.4. The van der Waals surface area contributed by atoms with E-state index in [9.17, 15) is 4.79 Å². The van der Waals surface area contributed by atoms with E-state index in [2.05, 4.69) is 4.99 Å². The fourth-order valence-corrected chi connectivity index (χ4v) is 1.05. The second kappa shape index (κ2) is 4.41. The van der Waals surface area contributed by atoms with E-state index in [4.69, 9.17) is 10.8 Å². The fourth-order valence-electron chi connectivity index (χ4n) is 1.05. The molecule has 0 saturated heterocycles. The van der Waals surface area contributed by atoms with E-state index in [0.717, 1.165) is 0 Å². The number of carboxylic acid groups (broad SMARTS) is 1. The molecule has 4 nitrogen and oxygen atoms in total. The zero-order valence-electron chi connectivity index (χ0n) is 7.90. The summed E-state index contributed by atoms with van der Waals surface area (Å²) in [5.41, 5.74) is 7.35. The second-order valence-electron chi connectivity index (χ2n) is 2.98. The largest absolute Gasteiger partial charge is 0.481 e. The topological polar surface area (TPSA) is 75.7 Å². The van der Waals surface area contributed by atoms with Crippen molar-refractivity contribution < 1.29 is 9.90 Å². The monoisotopic (exact) mass is 192 g/mol. The van der Waals surface area contributed by atoms with E-state index >= 15 is 0 Å². The maximum Gasteiger partial charge on any atom is 0.309 e. The van der Waals surface area contributed by atoms with Gasteiger partial charge in [0.25, 0.3) is 0 Å². The Morgan fingerprint density at radius 1 is 1.50 bits per heavy atom. The fraction of sp³-hybridized carbons (Fsp3) is 0.200. The van der Waals surface area contributed by atoms with Gasteiger partial charge >= 0.3 is 5.97 Å². The zero-order valence-corrected chi connectivity index (χ0v) is 7.90. The first-order valence-electron chi connectivity index (χ1n) is 4.20. The molecule has 74 valence electrons. The van der Waals surface area contributed by atoms with Crippen LogP contribution >= 0.6 is 0 Å². The van der Waals surface area contributed by atoms with Gasteiger partial charge in [-0.25, -0.2) is 0 Å². The normalized spacial score (nSPS) is 11.4. The van der Waals surface area contributed by atoms with Crippen molar-refractivity contribution in [3.8, 4) is 0 Å². The van der Waals surface area contributed by atoms with Crippen molar-refractivity contribution in [1.82, 2.24) is 0 Å². The lowest BCUT2D eigenvalue weighted by atomic mass is 10.2. The van der Waals surface area contributed by atoms with Gasteiger partial charge in [-0.1, -0.05) is 12.1 Å². The van der Waals surface area contributed by atoms with Crippen molar-refractivity contribution in [3.63, 3.8) is 0 Å². The number of hydrogen-bond acceptors (Lipinski definition) is 3. The molecule has 4 heteroatoms. The Morgan fingerprint density at radius 3 is 2.71 bits per heavy atom. The van der Waals surface area contributed by atoms with Gasteiger partial charge in [0.15, 0.2) is 0 Å². The number of nitrogen functional groups attached to an aromatic ring is 1. The number of carbonyl (C=O) groups is 1. The highest BCUT2D eigenvalue weighted by atomic mass is 16.4. The molecule has 0 fully saturated rings. The minimum absolute atomic E-state index is 0.0612. The lowest BCUT2D eigenvalue weighted by Gasteiger charge is -2.00. The molecule has 0 radical (unpaired) electrons. The highest BCUT2D eigenvalue weighted by Crippen LogP contribution is 2.20. The van der Waals surface area contributed by atoms with Crippen LogP contribution in [0.2, 0.25) is 0 Å². The van der Waals surface area contributed by atoms with Crippen molar-refractivity contribution in [3.05, 3.63) is 24.3 Å². The van der Waals surface area contributed by atoms with Crippen LogP contribution in [0, 0.1) is 0 Å². The van der Waals surface area contributed by atoms with Gasteiger partial charge in [0.1, 0.15) is 0 Å². The number of benzene rings is 1. The van der Waals surface area contributed by atoms with Crippen LogP contribution in [-0.4, -0.2) is 16.8 Å². The molecule has 0 aliphatic rings. The van der Waals surface area contributed by atoms with Crippen LogP contribution in [0.5, 0.6) is 0 Å². The van der Waals surface area contributed by atoms with E-state index in [0.29, 0.717) is 17.1 Å². The smallest absolute Gasteiger partial charge is 0.309 e. The highest BCUT2D eigenvalue weighted by molar-refractivity contribution is 5.98. The third kappa shape index (κ3) is 2.90. The number of nitrogens with two attached hydrogens (primary N) is 1. The molecule has 0 amide bonds. The Hall–Kier alpha value is -1.84. The summed E-state index contributed by atoms with van der Waals surface area (Å²) in [6.45, 7) is 1.67. The van der Waals surface area contributed by atoms with E-state index in [-0.39, 0.29) is 6.42 Å². The standard InChI is InChI=1S/C10H12N2O2/c1-7(6-10(13)14)12-9-5-3-2-4-8(9)11/h2-5H,6,11H2,1H3,(H,13,14). The molecule has 0 heterocycles. The molecule has 0 unspecified atom stereocenters. The van der Waals surface area contributed by atoms with E-state index in [1.807, 2.05) is 6.07 Å². The van der Waals surface area contributed by atoms with Crippen LogP contribution < -0.4 is 5.73 Å². The maximum absolute atomic E-state index is 10.4. The van der Waals surface area contributed by atoms with Crippen molar-refractivity contribution in [2.24, 2.45) is 4.99 Å². The number of aliphatic imine (C=N–C) groups is 1. The van der Waals surface area contributed by atoms with E-state index in [1.165, 1.54) is 0 Å². The summed E-state index contributed by atoms with van der Waals surface area (Å²) in [6.07, 6.45) is -0.0612. The number of para-hydroxylation sites is 2. The van der Waals surface area contributed by atoms with Crippen molar-refractivity contribution in [1.29, 1.82) is 0 Å². The summed E-state index contributed by atoms with van der Waals surface area (Å²) >= 11 is 0. The van der Waals surface area contributed by atoms with Gasteiger partial charge in [-0.2, -0.15) is 0 Å². The summed E-state index contributed by atoms with van der Waals surface area (Å²) in [4.78, 5) is 14.5. The Morgan fingerprint density at radius 2 is 2.14 bits per heavy atom. The number of aliphatic carboxylic acids is 1. The highest BCUT2D eigenvalue weighted by Gasteiger charge is 2.01.